The molecule has 0 heterocycles. The van der Waals surface area contributed by atoms with Crippen LogP contribution in [0.1, 0.15) is 12.5 Å². The molecule has 2 N–H and O–H groups in total. The zero-order chi connectivity index (χ0) is 17.8. The lowest BCUT2D eigenvalue weighted by molar-refractivity contribution is 0.157. The molecule has 144 valence electrons. The van der Waals surface area contributed by atoms with Crippen LogP contribution in [0.5, 0.6) is 0 Å². The Kier molecular flexibility index (Phi) is 12.8. The summed E-state index contributed by atoms with van der Waals surface area (Å²) in [5, 5.41) is 6.22. The van der Waals surface area contributed by atoms with Crippen LogP contribution in [0.25, 0.3) is 0 Å². The van der Waals surface area contributed by atoms with Crippen LogP contribution in [0.3, 0.4) is 0 Å². The number of nitrogens with one attached hydrogen (secondary N) is 2. The zero-order valence-electron chi connectivity index (χ0n) is 14.6. The van der Waals surface area contributed by atoms with Gasteiger partial charge in [-0.15, -0.1) is 24.0 Å². The standard InChI is InChI=1S/C16H26FN3O3S.HI/c1-3-18-16(20-10-11-23-12-13-24(2,21)22)19-9-8-14-6-4-5-7-15(14)17;/h4-7H,3,8-13H2,1-2H3,(H2,18,19,20);1H. The van der Waals surface area contributed by atoms with Crippen molar-refractivity contribution < 1.29 is 17.5 Å². The van der Waals surface area contributed by atoms with E-state index >= 15 is 0 Å². The van der Waals surface area contributed by atoms with Gasteiger partial charge in [0, 0.05) is 19.3 Å². The number of hydrogen-bond donors (Lipinski definition) is 2. The molecule has 1 aromatic carbocycles. The third-order valence-corrected chi connectivity index (χ3v) is 4.00. The van der Waals surface area contributed by atoms with Crippen molar-refractivity contribution in [3.8, 4) is 0 Å². The zero-order valence-corrected chi connectivity index (χ0v) is 17.8. The minimum Gasteiger partial charge on any atom is -0.378 e. The smallest absolute Gasteiger partial charge is 0.191 e. The Hall–Kier alpha value is -0.940. The van der Waals surface area contributed by atoms with Crippen LogP contribution < -0.4 is 10.6 Å². The van der Waals surface area contributed by atoms with Gasteiger partial charge in [-0.25, -0.2) is 12.8 Å². The number of hydrogen-bond acceptors (Lipinski definition) is 4. The molecule has 1 aromatic rings. The number of ether oxygens (including phenoxy) is 1. The van der Waals surface area contributed by atoms with Gasteiger partial charge >= 0.3 is 0 Å². The Morgan fingerprint density at radius 2 is 1.96 bits per heavy atom. The third-order valence-electron chi connectivity index (χ3n) is 3.09. The summed E-state index contributed by atoms with van der Waals surface area (Å²) in [5.74, 6) is 0.429. The van der Waals surface area contributed by atoms with E-state index in [0.717, 1.165) is 0 Å². The van der Waals surface area contributed by atoms with E-state index < -0.39 is 9.84 Å². The molecule has 0 fully saturated rings. The van der Waals surface area contributed by atoms with E-state index in [4.69, 9.17) is 4.74 Å². The fourth-order valence-electron chi connectivity index (χ4n) is 1.89. The average Bonchev–Trinajstić information content (AvgIpc) is 2.51. The first-order valence-electron chi connectivity index (χ1n) is 7.93. The van der Waals surface area contributed by atoms with E-state index in [1.54, 1.807) is 12.1 Å². The maximum atomic E-state index is 13.5. The minimum atomic E-state index is -2.99. The summed E-state index contributed by atoms with van der Waals surface area (Å²) in [6.45, 7) is 4.16. The fourth-order valence-corrected chi connectivity index (χ4v) is 2.31. The van der Waals surface area contributed by atoms with Crippen molar-refractivity contribution >= 4 is 39.8 Å². The molecule has 0 aliphatic heterocycles. The van der Waals surface area contributed by atoms with Crippen LogP contribution in [0.4, 0.5) is 4.39 Å². The topological polar surface area (TPSA) is 79.8 Å². The predicted octanol–water partition coefficient (Wildman–Crippen LogP) is 1.60. The summed E-state index contributed by atoms with van der Waals surface area (Å²) in [4.78, 5) is 4.33. The van der Waals surface area contributed by atoms with Crippen molar-refractivity contribution in [2.24, 2.45) is 4.99 Å². The van der Waals surface area contributed by atoms with Crippen LogP contribution in [0, 0.1) is 5.82 Å². The van der Waals surface area contributed by atoms with Gasteiger partial charge in [0.15, 0.2) is 5.96 Å². The van der Waals surface area contributed by atoms with Crippen molar-refractivity contribution in [3.05, 3.63) is 35.6 Å². The molecule has 0 atom stereocenters. The minimum absolute atomic E-state index is 0. The molecule has 1 rings (SSSR count). The highest BCUT2D eigenvalue weighted by Gasteiger charge is 2.03. The van der Waals surface area contributed by atoms with E-state index in [2.05, 4.69) is 15.6 Å². The van der Waals surface area contributed by atoms with E-state index in [9.17, 15) is 12.8 Å². The molecule has 0 radical (unpaired) electrons. The molecule has 0 amide bonds. The maximum Gasteiger partial charge on any atom is 0.191 e. The molecule has 0 unspecified atom stereocenters. The molecule has 6 nitrogen and oxygen atoms in total. The number of aliphatic imine (C=N–C) groups is 1. The fraction of sp³-hybridized carbons (Fsp3) is 0.562. The van der Waals surface area contributed by atoms with Gasteiger partial charge in [0.05, 0.1) is 25.5 Å². The molecule has 0 aliphatic rings. The van der Waals surface area contributed by atoms with Crippen LogP contribution in [0.2, 0.25) is 0 Å². The highest BCUT2D eigenvalue weighted by atomic mass is 127. The predicted molar refractivity (Wildman–Crippen MR) is 110 cm³/mol. The highest BCUT2D eigenvalue weighted by molar-refractivity contribution is 14.0. The summed E-state index contributed by atoms with van der Waals surface area (Å²) >= 11 is 0. The Labute approximate surface area is 166 Å². The van der Waals surface area contributed by atoms with E-state index in [0.29, 0.717) is 44.2 Å². The lowest BCUT2D eigenvalue weighted by Crippen LogP contribution is -2.38. The van der Waals surface area contributed by atoms with Gasteiger partial charge < -0.3 is 15.4 Å². The number of nitrogens with zero attached hydrogens (tertiary/aromatic N) is 1. The van der Waals surface area contributed by atoms with Crippen LogP contribution >= 0.6 is 24.0 Å². The largest absolute Gasteiger partial charge is 0.378 e. The number of halogens is 2. The summed E-state index contributed by atoms with van der Waals surface area (Å²) in [5.41, 5.74) is 0.657. The van der Waals surface area contributed by atoms with Crippen molar-refractivity contribution in [3.63, 3.8) is 0 Å². The summed E-state index contributed by atoms with van der Waals surface area (Å²) in [7, 11) is -2.99. The molecular weight excluding hydrogens is 460 g/mol. The Morgan fingerprint density at radius 3 is 2.60 bits per heavy atom. The number of rotatable bonds is 10. The lowest BCUT2D eigenvalue weighted by Gasteiger charge is -2.11. The van der Waals surface area contributed by atoms with Gasteiger partial charge in [-0.05, 0) is 25.0 Å². The average molecular weight is 487 g/mol. The van der Waals surface area contributed by atoms with Gasteiger partial charge in [-0.3, -0.25) is 4.99 Å². The van der Waals surface area contributed by atoms with Gasteiger partial charge in [-0.2, -0.15) is 0 Å². The molecule has 0 aromatic heterocycles. The van der Waals surface area contributed by atoms with Crippen LogP contribution in [-0.4, -0.2) is 59.2 Å². The van der Waals surface area contributed by atoms with Crippen molar-refractivity contribution in [1.29, 1.82) is 0 Å². The second kappa shape index (κ2) is 13.3. The number of guanidine groups is 1. The van der Waals surface area contributed by atoms with E-state index in [1.165, 1.54) is 12.3 Å². The molecule has 9 heteroatoms. The maximum absolute atomic E-state index is 13.5. The third kappa shape index (κ3) is 12.1. The van der Waals surface area contributed by atoms with Gasteiger partial charge in [0.1, 0.15) is 15.7 Å². The SMILES string of the molecule is CCNC(=NCCOCCS(C)(=O)=O)NCCc1ccccc1F.I. The quantitative estimate of drug-likeness (QED) is 0.227. The Morgan fingerprint density at radius 1 is 1.24 bits per heavy atom. The van der Waals surface area contributed by atoms with Gasteiger partial charge in [0.2, 0.25) is 0 Å². The van der Waals surface area contributed by atoms with Gasteiger partial charge in [0.25, 0.3) is 0 Å². The van der Waals surface area contributed by atoms with E-state index in [-0.39, 0.29) is 42.2 Å². The first kappa shape index (κ1) is 24.1. The second-order valence-corrected chi connectivity index (χ2v) is 7.53. The summed E-state index contributed by atoms with van der Waals surface area (Å²) in [6.07, 6.45) is 1.74. The first-order valence-corrected chi connectivity index (χ1v) is 9.99. The molecular formula is C16H27FIN3O3S. The molecule has 0 aliphatic carbocycles. The molecule has 25 heavy (non-hydrogen) atoms. The summed E-state index contributed by atoms with van der Waals surface area (Å²) in [6, 6.07) is 6.69. The highest BCUT2D eigenvalue weighted by Crippen LogP contribution is 2.05. The van der Waals surface area contributed by atoms with Crippen LogP contribution in [-0.2, 0) is 21.0 Å². The monoisotopic (exact) mass is 487 g/mol. The molecule has 0 saturated carbocycles. The Bertz CT molecular complexity index is 627. The number of sulfone groups is 1. The van der Waals surface area contributed by atoms with Crippen molar-refractivity contribution in [2.75, 3.05) is 44.9 Å². The summed E-state index contributed by atoms with van der Waals surface area (Å²) < 4.78 is 40.7. The first-order chi connectivity index (χ1) is 11.4. The van der Waals surface area contributed by atoms with Crippen molar-refractivity contribution in [1.82, 2.24) is 10.6 Å². The van der Waals surface area contributed by atoms with Crippen LogP contribution in [0.15, 0.2) is 29.3 Å². The molecule has 0 saturated heterocycles. The lowest BCUT2D eigenvalue weighted by atomic mass is 10.1. The molecule has 0 bridgehead atoms. The van der Waals surface area contributed by atoms with Gasteiger partial charge in [-0.1, -0.05) is 18.2 Å². The Balaban J connectivity index is 0.00000576. The second-order valence-electron chi connectivity index (χ2n) is 5.27. The van der Waals surface area contributed by atoms with E-state index in [1.807, 2.05) is 13.0 Å². The van der Waals surface area contributed by atoms with Crippen molar-refractivity contribution in [2.45, 2.75) is 13.3 Å². The normalized spacial score (nSPS) is 11.7. The number of benzene rings is 1. The molecule has 0 spiro atoms.